The Morgan fingerprint density at radius 1 is 0.897 bits per heavy atom. The minimum Gasteiger partial charge on any atom is -0.207 e. The van der Waals surface area contributed by atoms with Crippen molar-refractivity contribution < 1.29 is 8.78 Å². The lowest BCUT2D eigenvalue weighted by atomic mass is 9.67. The van der Waals surface area contributed by atoms with Crippen LogP contribution < -0.4 is 0 Å². The largest absolute Gasteiger partial charge is 0.251 e. The number of hydrogen-bond acceptors (Lipinski definition) is 0. The summed E-state index contributed by atoms with van der Waals surface area (Å²) in [7, 11) is 0. The van der Waals surface area contributed by atoms with E-state index in [2.05, 4.69) is 43.3 Å². The Morgan fingerprint density at radius 2 is 1.55 bits per heavy atom. The number of hydrogen-bond donors (Lipinski definition) is 0. The molecule has 1 aromatic carbocycles. The first-order valence-electron chi connectivity index (χ1n) is 12.1. The predicted octanol–water partition coefficient (Wildman–Crippen LogP) is 8.40. The molecule has 0 heterocycles. The summed E-state index contributed by atoms with van der Waals surface area (Å²) in [4.78, 5) is 0. The van der Waals surface area contributed by atoms with Crippen LogP contribution in [0.1, 0.15) is 89.2 Å². The summed E-state index contributed by atoms with van der Waals surface area (Å²) in [6.07, 6.45) is 16.2. The van der Waals surface area contributed by atoms with Gasteiger partial charge in [-0.25, -0.2) is 8.78 Å². The van der Waals surface area contributed by atoms with Crippen LogP contribution in [-0.4, -0.2) is 5.92 Å². The topological polar surface area (TPSA) is 0 Å². The van der Waals surface area contributed by atoms with Crippen LogP contribution >= 0.6 is 0 Å². The molecule has 0 aliphatic heterocycles. The highest BCUT2D eigenvalue weighted by Crippen LogP contribution is 2.48. The molecule has 29 heavy (non-hydrogen) atoms. The Morgan fingerprint density at radius 3 is 2.17 bits per heavy atom. The summed E-state index contributed by atoms with van der Waals surface area (Å²) in [5.74, 6) is -1.34. The fraction of sp³-hybridized carbons (Fsp3) is 0.704. The zero-order valence-electron chi connectivity index (χ0n) is 18.5. The van der Waals surface area contributed by atoms with Crippen LogP contribution in [0.4, 0.5) is 8.78 Å². The molecule has 0 spiro atoms. The van der Waals surface area contributed by atoms with E-state index in [9.17, 15) is 8.78 Å². The molecule has 0 N–H and O–H groups in total. The lowest BCUT2D eigenvalue weighted by Crippen LogP contribution is -2.38. The molecule has 0 radical (unpaired) electrons. The summed E-state index contributed by atoms with van der Waals surface area (Å²) in [6.45, 7) is 4.22. The summed E-state index contributed by atoms with van der Waals surface area (Å²) >= 11 is 0. The molecule has 0 saturated heterocycles. The molecule has 0 nitrogen and oxygen atoms in total. The van der Waals surface area contributed by atoms with Crippen LogP contribution in [0.3, 0.4) is 0 Å². The van der Waals surface area contributed by atoms with Crippen molar-refractivity contribution in [3.05, 3.63) is 47.5 Å². The van der Waals surface area contributed by atoms with E-state index in [1.54, 1.807) is 0 Å². The van der Waals surface area contributed by atoms with Gasteiger partial charge in [-0.2, -0.15) is 0 Å². The Balaban J connectivity index is 1.38. The molecule has 0 aromatic heterocycles. The van der Waals surface area contributed by atoms with Crippen molar-refractivity contribution in [2.24, 2.45) is 23.7 Å². The average molecular weight is 403 g/mol. The minimum absolute atomic E-state index is 0.152. The predicted molar refractivity (Wildman–Crippen MR) is 119 cm³/mol. The molecular formula is C27H40F2. The van der Waals surface area contributed by atoms with Gasteiger partial charge < -0.3 is 0 Å². The van der Waals surface area contributed by atoms with Gasteiger partial charge in [-0.1, -0.05) is 56.7 Å². The lowest BCUT2D eigenvalue weighted by Gasteiger charge is -2.41. The van der Waals surface area contributed by atoms with Crippen molar-refractivity contribution in [1.29, 1.82) is 0 Å². The maximum absolute atomic E-state index is 14.5. The Kier molecular flexibility index (Phi) is 8.33. The molecule has 2 aliphatic rings. The van der Waals surface area contributed by atoms with Crippen LogP contribution in [0.15, 0.2) is 36.4 Å². The second-order valence-corrected chi connectivity index (χ2v) is 9.60. The fourth-order valence-corrected chi connectivity index (χ4v) is 5.64. The normalized spacial score (nSPS) is 29.9. The average Bonchev–Trinajstić information content (AvgIpc) is 2.73. The smallest absolute Gasteiger partial charge is 0.207 e. The van der Waals surface area contributed by atoms with Crippen LogP contribution in [-0.2, 0) is 12.8 Å². The van der Waals surface area contributed by atoms with E-state index in [0.29, 0.717) is 18.3 Å². The van der Waals surface area contributed by atoms with Gasteiger partial charge in [0.2, 0.25) is 0 Å². The Labute approximate surface area is 177 Å². The van der Waals surface area contributed by atoms with Gasteiger partial charge in [0.05, 0.1) is 0 Å². The summed E-state index contributed by atoms with van der Waals surface area (Å²) in [5.41, 5.74) is 2.81. The van der Waals surface area contributed by atoms with Gasteiger partial charge in [0.15, 0.2) is 0 Å². The maximum Gasteiger partial charge on any atom is 0.251 e. The van der Waals surface area contributed by atoms with Crippen molar-refractivity contribution in [3.8, 4) is 0 Å². The highest BCUT2D eigenvalue weighted by atomic mass is 19.3. The van der Waals surface area contributed by atoms with E-state index in [-0.39, 0.29) is 18.3 Å². The third-order valence-corrected chi connectivity index (χ3v) is 7.58. The summed E-state index contributed by atoms with van der Waals surface area (Å²) < 4.78 is 29.0. The lowest BCUT2D eigenvalue weighted by molar-refractivity contribution is -0.114. The first-order valence-corrected chi connectivity index (χ1v) is 12.1. The van der Waals surface area contributed by atoms with E-state index in [0.717, 1.165) is 51.4 Å². The molecule has 162 valence electrons. The third-order valence-electron chi connectivity index (χ3n) is 7.58. The number of aryl methyl sites for hydroxylation is 2. The number of allylic oxidation sites excluding steroid dienone is 2. The molecule has 2 aliphatic carbocycles. The number of halogens is 2. The van der Waals surface area contributed by atoms with Crippen molar-refractivity contribution in [1.82, 2.24) is 0 Å². The Hall–Kier alpha value is -1.18. The molecule has 2 atom stereocenters. The highest BCUT2D eigenvalue weighted by Gasteiger charge is 2.46. The SMILES string of the molecule is CCCC1CCC(C2CCC(/C=C/CCc3ccc(CC)cc3)CC2)CC1(F)F. The molecule has 3 rings (SSSR count). The highest BCUT2D eigenvalue weighted by molar-refractivity contribution is 5.22. The van der Waals surface area contributed by atoms with Gasteiger partial charge in [0, 0.05) is 12.3 Å². The van der Waals surface area contributed by atoms with Crippen LogP contribution in [0.25, 0.3) is 0 Å². The van der Waals surface area contributed by atoms with E-state index >= 15 is 0 Å². The zero-order valence-corrected chi connectivity index (χ0v) is 18.5. The summed E-state index contributed by atoms with van der Waals surface area (Å²) in [5, 5.41) is 0. The fourth-order valence-electron chi connectivity index (χ4n) is 5.64. The van der Waals surface area contributed by atoms with E-state index < -0.39 is 5.92 Å². The maximum atomic E-state index is 14.5. The molecule has 2 unspecified atom stereocenters. The van der Waals surface area contributed by atoms with E-state index in [1.807, 2.05) is 6.92 Å². The van der Waals surface area contributed by atoms with Crippen molar-refractivity contribution in [2.75, 3.05) is 0 Å². The third kappa shape index (κ3) is 6.40. The van der Waals surface area contributed by atoms with Gasteiger partial charge in [-0.05, 0) is 93.1 Å². The van der Waals surface area contributed by atoms with Crippen molar-refractivity contribution >= 4 is 0 Å². The van der Waals surface area contributed by atoms with Gasteiger partial charge in [0.25, 0.3) is 5.92 Å². The Bertz CT molecular complexity index is 622. The monoisotopic (exact) mass is 402 g/mol. The zero-order chi connectivity index (χ0) is 20.7. The first-order chi connectivity index (χ1) is 14.0. The van der Waals surface area contributed by atoms with Crippen LogP contribution in [0.2, 0.25) is 0 Å². The molecule has 2 heteroatoms. The molecule has 1 aromatic rings. The second-order valence-electron chi connectivity index (χ2n) is 9.60. The van der Waals surface area contributed by atoms with Gasteiger partial charge in [-0.15, -0.1) is 0 Å². The van der Waals surface area contributed by atoms with Crippen LogP contribution in [0.5, 0.6) is 0 Å². The first kappa shape index (κ1) is 22.5. The van der Waals surface area contributed by atoms with Crippen LogP contribution in [0, 0.1) is 23.7 Å². The number of benzene rings is 1. The minimum atomic E-state index is -2.43. The van der Waals surface area contributed by atoms with Crippen molar-refractivity contribution in [2.45, 2.75) is 96.8 Å². The molecule has 2 saturated carbocycles. The number of rotatable bonds is 8. The molecule has 2 fully saturated rings. The van der Waals surface area contributed by atoms with Gasteiger partial charge in [-0.3, -0.25) is 0 Å². The van der Waals surface area contributed by atoms with E-state index in [4.69, 9.17) is 0 Å². The summed E-state index contributed by atoms with van der Waals surface area (Å²) in [6, 6.07) is 8.98. The molecule has 0 amide bonds. The standard InChI is InChI=1S/C27H40F2/c1-3-7-26-19-18-25(20-27(26,28)29)24-16-14-23(15-17-24)9-6-5-8-22-12-10-21(4-2)11-13-22/h6,9-13,23-26H,3-5,7-8,14-20H2,1-2H3/b9-6+. The molecular weight excluding hydrogens is 362 g/mol. The van der Waals surface area contributed by atoms with E-state index in [1.165, 1.54) is 24.0 Å². The quantitative estimate of drug-likeness (QED) is 0.383. The second kappa shape index (κ2) is 10.7. The van der Waals surface area contributed by atoms with Gasteiger partial charge in [0.1, 0.15) is 0 Å². The molecule has 0 bridgehead atoms. The number of alkyl halides is 2. The van der Waals surface area contributed by atoms with Crippen molar-refractivity contribution in [3.63, 3.8) is 0 Å². The van der Waals surface area contributed by atoms with Gasteiger partial charge >= 0.3 is 0 Å².